The summed E-state index contributed by atoms with van der Waals surface area (Å²) in [5, 5.41) is 0. The van der Waals surface area contributed by atoms with Gasteiger partial charge in [-0.2, -0.15) is 11.1 Å². The molecular weight excluding hydrogens is 316 g/mol. The van der Waals surface area contributed by atoms with Crippen molar-refractivity contribution in [2.45, 2.75) is 38.3 Å². The minimum absolute atomic E-state index is 0.0164. The quantitative estimate of drug-likeness (QED) is 0.671. The van der Waals surface area contributed by atoms with Gasteiger partial charge >= 0.3 is 0 Å². The summed E-state index contributed by atoms with van der Waals surface area (Å²) in [5.74, 6) is 0. The van der Waals surface area contributed by atoms with Crippen LogP contribution in [0.2, 0.25) is 0 Å². The van der Waals surface area contributed by atoms with Crippen LogP contribution in [-0.2, 0) is 16.1 Å². The van der Waals surface area contributed by atoms with Crippen LogP contribution in [0.3, 0.4) is 0 Å². The monoisotopic (exact) mass is 340 g/mol. The van der Waals surface area contributed by atoms with Gasteiger partial charge in [0, 0.05) is 6.61 Å². The average Bonchev–Trinajstić information content (AvgIpc) is 3.22. The van der Waals surface area contributed by atoms with Gasteiger partial charge in [-0.25, -0.2) is 10.9 Å². The van der Waals surface area contributed by atoms with Crippen molar-refractivity contribution in [3.05, 3.63) is 59.7 Å². The van der Waals surface area contributed by atoms with Gasteiger partial charge in [0.2, 0.25) is 0 Å². The van der Waals surface area contributed by atoms with Crippen molar-refractivity contribution in [1.29, 1.82) is 0 Å². The third-order valence-corrected chi connectivity index (χ3v) is 4.61. The van der Waals surface area contributed by atoms with Gasteiger partial charge in [0.25, 0.3) is 0 Å². The van der Waals surface area contributed by atoms with Crippen LogP contribution in [0.25, 0.3) is 11.1 Å². The van der Waals surface area contributed by atoms with Crippen LogP contribution in [-0.4, -0.2) is 12.9 Å². The molecule has 2 aromatic carbocycles. The van der Waals surface area contributed by atoms with E-state index in [1.807, 2.05) is 6.07 Å². The second-order valence-electron chi connectivity index (χ2n) is 6.36. The van der Waals surface area contributed by atoms with Crippen molar-refractivity contribution in [2.24, 2.45) is 0 Å². The van der Waals surface area contributed by atoms with E-state index in [4.69, 9.17) is 9.47 Å². The molecule has 2 saturated heterocycles. The van der Waals surface area contributed by atoms with Gasteiger partial charge in [-0.3, -0.25) is 0 Å². The van der Waals surface area contributed by atoms with Crippen molar-refractivity contribution in [1.82, 2.24) is 21.9 Å². The maximum atomic E-state index is 5.86. The van der Waals surface area contributed by atoms with Crippen molar-refractivity contribution in [2.75, 3.05) is 6.61 Å². The van der Waals surface area contributed by atoms with Crippen molar-refractivity contribution in [3.63, 3.8) is 0 Å². The minimum Gasteiger partial charge on any atom is -0.353 e. The lowest BCUT2D eigenvalue weighted by Gasteiger charge is -2.22. The zero-order valence-corrected chi connectivity index (χ0v) is 14.1. The van der Waals surface area contributed by atoms with E-state index in [0.29, 0.717) is 6.61 Å². The van der Waals surface area contributed by atoms with Crippen molar-refractivity contribution < 1.29 is 9.47 Å². The Morgan fingerprint density at radius 1 is 0.960 bits per heavy atom. The highest BCUT2D eigenvalue weighted by Gasteiger charge is 2.18. The summed E-state index contributed by atoms with van der Waals surface area (Å²) in [5.41, 5.74) is 16.7. The minimum atomic E-state index is -0.0475. The Kier molecular flexibility index (Phi) is 5.37. The molecule has 1 unspecified atom stereocenters. The summed E-state index contributed by atoms with van der Waals surface area (Å²) in [6.07, 6.45) is 3.29. The zero-order chi connectivity index (χ0) is 16.9. The average molecular weight is 340 g/mol. The second-order valence-corrected chi connectivity index (χ2v) is 6.36. The molecule has 1 atom stereocenters. The van der Waals surface area contributed by atoms with Crippen LogP contribution in [0.4, 0.5) is 0 Å². The van der Waals surface area contributed by atoms with Gasteiger partial charge in [0.05, 0.1) is 6.61 Å². The molecule has 6 heteroatoms. The van der Waals surface area contributed by atoms with E-state index in [0.717, 1.165) is 25.0 Å². The van der Waals surface area contributed by atoms with Gasteiger partial charge in [-0.05, 0) is 41.5 Å². The lowest BCUT2D eigenvalue weighted by atomic mass is 9.97. The van der Waals surface area contributed by atoms with E-state index in [-0.39, 0.29) is 12.5 Å². The Labute approximate surface area is 147 Å². The molecule has 0 amide bonds. The number of nitrogens with one attached hydrogen (secondary N) is 4. The zero-order valence-electron chi connectivity index (χ0n) is 14.1. The van der Waals surface area contributed by atoms with E-state index in [1.165, 1.54) is 23.1 Å². The van der Waals surface area contributed by atoms with Gasteiger partial charge < -0.3 is 9.47 Å². The highest BCUT2D eigenvalue weighted by molar-refractivity contribution is 5.68. The Balaban J connectivity index is 1.45. The van der Waals surface area contributed by atoms with Crippen LogP contribution in [0, 0.1) is 0 Å². The molecule has 6 nitrogen and oxygen atoms in total. The summed E-state index contributed by atoms with van der Waals surface area (Å²) >= 11 is 0. The number of benzene rings is 2. The third-order valence-electron chi connectivity index (χ3n) is 4.61. The largest absolute Gasteiger partial charge is 0.353 e. The molecular formula is C19H24N4O2. The summed E-state index contributed by atoms with van der Waals surface area (Å²) in [7, 11) is 0. The predicted molar refractivity (Wildman–Crippen MR) is 95.5 cm³/mol. The van der Waals surface area contributed by atoms with Gasteiger partial charge in [-0.1, -0.05) is 48.5 Å². The number of hydrazine groups is 3. The smallest absolute Gasteiger partial charge is 0.158 e. The van der Waals surface area contributed by atoms with Crippen molar-refractivity contribution >= 4 is 0 Å². The first-order valence-electron chi connectivity index (χ1n) is 8.83. The first-order valence-corrected chi connectivity index (χ1v) is 8.83. The van der Waals surface area contributed by atoms with Crippen LogP contribution in [0.1, 0.15) is 36.6 Å². The van der Waals surface area contributed by atoms with Gasteiger partial charge in [0.15, 0.2) is 6.29 Å². The Bertz CT molecular complexity index is 680. The fourth-order valence-corrected chi connectivity index (χ4v) is 3.23. The predicted octanol–water partition coefficient (Wildman–Crippen LogP) is 2.51. The molecule has 0 bridgehead atoms. The Morgan fingerprint density at radius 3 is 2.52 bits per heavy atom. The number of hydrogen-bond acceptors (Lipinski definition) is 6. The first kappa shape index (κ1) is 16.7. The lowest BCUT2D eigenvalue weighted by Crippen LogP contribution is -2.33. The number of rotatable bonds is 5. The first-order chi connectivity index (χ1) is 12.4. The lowest BCUT2D eigenvalue weighted by molar-refractivity contribution is -0.168. The standard InChI is InChI=1S/C19H24N4O2/c1-2-6-17(19-20-22-23-21-19)16(5-1)15-10-8-14(9-11-15)13-25-18-7-3-4-12-24-18/h1-2,5-6,8-11,18-23H,3-4,7,12-13H2. The Morgan fingerprint density at radius 2 is 1.76 bits per heavy atom. The van der Waals surface area contributed by atoms with Gasteiger partial charge in [0.1, 0.15) is 6.17 Å². The van der Waals surface area contributed by atoms with E-state index < -0.39 is 0 Å². The summed E-state index contributed by atoms with van der Waals surface area (Å²) < 4.78 is 11.5. The normalized spacial score (nSPS) is 21.5. The molecule has 0 saturated carbocycles. The van der Waals surface area contributed by atoms with Crippen LogP contribution >= 0.6 is 0 Å². The molecule has 4 N–H and O–H groups in total. The summed E-state index contributed by atoms with van der Waals surface area (Å²) in [6.45, 7) is 1.40. The molecule has 0 radical (unpaired) electrons. The van der Waals surface area contributed by atoms with E-state index in [1.54, 1.807) is 0 Å². The highest BCUT2D eigenvalue weighted by atomic mass is 16.7. The maximum Gasteiger partial charge on any atom is 0.158 e. The van der Waals surface area contributed by atoms with E-state index >= 15 is 0 Å². The molecule has 0 aliphatic carbocycles. The van der Waals surface area contributed by atoms with E-state index in [2.05, 4.69) is 64.4 Å². The fourth-order valence-electron chi connectivity index (χ4n) is 3.23. The molecule has 2 fully saturated rings. The van der Waals surface area contributed by atoms with Crippen LogP contribution in [0.5, 0.6) is 0 Å². The van der Waals surface area contributed by atoms with Crippen LogP contribution in [0.15, 0.2) is 48.5 Å². The van der Waals surface area contributed by atoms with Gasteiger partial charge in [-0.15, -0.1) is 0 Å². The molecule has 2 heterocycles. The SMILES string of the molecule is c1ccc(C2NNNN2)c(-c2ccc(COC3CCCCO3)cc2)c1. The third kappa shape index (κ3) is 4.07. The van der Waals surface area contributed by atoms with Crippen molar-refractivity contribution in [3.8, 4) is 11.1 Å². The molecule has 0 spiro atoms. The number of hydrogen-bond donors (Lipinski definition) is 4. The van der Waals surface area contributed by atoms with Crippen LogP contribution < -0.4 is 21.9 Å². The second kappa shape index (κ2) is 8.05. The summed E-state index contributed by atoms with van der Waals surface area (Å²) in [4.78, 5) is 0. The molecule has 0 aromatic heterocycles. The Hall–Kier alpha value is -1.80. The molecule has 2 aliphatic heterocycles. The van der Waals surface area contributed by atoms with E-state index in [9.17, 15) is 0 Å². The topological polar surface area (TPSA) is 66.6 Å². The molecule has 2 aromatic rings. The summed E-state index contributed by atoms with van der Waals surface area (Å²) in [6, 6.07) is 16.9. The molecule has 132 valence electrons. The fraction of sp³-hybridized carbons (Fsp3) is 0.368. The molecule has 25 heavy (non-hydrogen) atoms. The molecule has 2 aliphatic rings. The maximum absolute atomic E-state index is 5.86. The number of ether oxygens (including phenoxy) is 2. The molecule has 4 rings (SSSR count). The highest BCUT2D eigenvalue weighted by Crippen LogP contribution is 2.28.